The molecule has 0 unspecified atom stereocenters. The monoisotopic (exact) mass is 484 g/mol. The Morgan fingerprint density at radius 2 is 1.71 bits per heavy atom. The van der Waals surface area contributed by atoms with Crippen LogP contribution < -0.4 is 19.7 Å². The van der Waals surface area contributed by atoms with Crippen LogP contribution in [0.25, 0.3) is 22.3 Å². The van der Waals surface area contributed by atoms with Crippen molar-refractivity contribution in [3.8, 4) is 28.0 Å². The number of sulfonamides is 1. The van der Waals surface area contributed by atoms with Crippen LogP contribution in [0.15, 0.2) is 54.9 Å². The molecule has 0 spiro atoms. The van der Waals surface area contributed by atoms with Crippen molar-refractivity contribution in [1.29, 1.82) is 0 Å². The van der Waals surface area contributed by atoms with E-state index >= 15 is 0 Å². The third-order valence-electron chi connectivity index (χ3n) is 5.74. The summed E-state index contributed by atoms with van der Waals surface area (Å²) in [7, 11) is -2.31. The fourth-order valence-corrected chi connectivity index (χ4v) is 5.20. The molecule has 1 aromatic heterocycles. The van der Waals surface area contributed by atoms with E-state index in [1.165, 1.54) is 18.9 Å². The summed E-state index contributed by atoms with van der Waals surface area (Å²) >= 11 is 0. The number of benzene rings is 2. The summed E-state index contributed by atoms with van der Waals surface area (Å²) in [5.41, 5.74) is 4.28. The molecule has 0 atom stereocenters. The topological polar surface area (TPSA) is 83.6 Å². The van der Waals surface area contributed by atoms with Crippen molar-refractivity contribution < 1.29 is 17.5 Å². The zero-order chi connectivity index (χ0) is 24.1. The van der Waals surface area contributed by atoms with Gasteiger partial charge in [0.05, 0.1) is 18.6 Å². The first-order valence-electron chi connectivity index (χ1n) is 11.3. The molecule has 1 aliphatic rings. The Hall–Kier alpha value is -3.17. The number of nitrogens with one attached hydrogen (secondary N) is 2. The number of pyridine rings is 1. The molecule has 4 rings (SSSR count). The number of piperazine rings is 1. The number of hydrogen-bond acceptors (Lipinski definition) is 6. The molecule has 2 aromatic carbocycles. The zero-order valence-corrected chi connectivity index (χ0v) is 20.2. The first-order valence-corrected chi connectivity index (χ1v) is 12.9. The molecule has 2 N–H and O–H groups in total. The van der Waals surface area contributed by atoms with Gasteiger partial charge in [0.25, 0.3) is 0 Å². The summed E-state index contributed by atoms with van der Waals surface area (Å²) in [6, 6.07) is 13.1. The summed E-state index contributed by atoms with van der Waals surface area (Å²) in [6.45, 7) is 5.67. The van der Waals surface area contributed by atoms with Crippen molar-refractivity contribution in [1.82, 2.24) is 10.3 Å². The lowest BCUT2D eigenvalue weighted by molar-refractivity contribution is 0.389. The Kier molecular flexibility index (Phi) is 7.33. The van der Waals surface area contributed by atoms with Crippen LogP contribution in [0.2, 0.25) is 0 Å². The van der Waals surface area contributed by atoms with Crippen LogP contribution in [-0.4, -0.2) is 52.4 Å². The molecule has 1 aliphatic heterocycles. The van der Waals surface area contributed by atoms with E-state index in [0.717, 1.165) is 37.3 Å². The van der Waals surface area contributed by atoms with Gasteiger partial charge in [-0.2, -0.15) is 0 Å². The Bertz CT molecular complexity index is 1240. The Balaban J connectivity index is 1.64. The molecule has 0 saturated carbocycles. The minimum absolute atomic E-state index is 0.0664. The smallest absolute Gasteiger partial charge is 0.232 e. The molecule has 3 aromatic rings. The van der Waals surface area contributed by atoms with Crippen molar-refractivity contribution in [2.24, 2.45) is 0 Å². The van der Waals surface area contributed by atoms with Gasteiger partial charge in [-0.25, -0.2) is 12.8 Å². The fraction of sp³-hybridized carbons (Fsp3) is 0.320. The van der Waals surface area contributed by atoms with E-state index in [1.54, 1.807) is 25.4 Å². The lowest BCUT2D eigenvalue weighted by Gasteiger charge is -2.29. The van der Waals surface area contributed by atoms with Crippen molar-refractivity contribution in [3.05, 3.63) is 60.7 Å². The first kappa shape index (κ1) is 24.0. The maximum absolute atomic E-state index is 14.8. The third kappa shape index (κ3) is 5.48. The SMILES string of the molecule is CCCS(=O)(=O)Nc1cc(-c2cncc(-c3ccc(N4CCNCC4)cc3)c2)cc(F)c1OC. The maximum Gasteiger partial charge on any atom is 0.232 e. The van der Waals surface area contributed by atoms with Gasteiger partial charge in [-0.3, -0.25) is 9.71 Å². The predicted octanol–water partition coefficient (Wildman–Crippen LogP) is 4.12. The second-order valence-electron chi connectivity index (χ2n) is 8.21. The third-order valence-corrected chi connectivity index (χ3v) is 7.22. The largest absolute Gasteiger partial charge is 0.492 e. The van der Waals surface area contributed by atoms with Crippen LogP contribution in [0, 0.1) is 5.82 Å². The lowest BCUT2D eigenvalue weighted by atomic mass is 10.0. The molecule has 0 aliphatic carbocycles. The number of aromatic nitrogens is 1. The van der Waals surface area contributed by atoms with Gasteiger partial charge in [-0.1, -0.05) is 19.1 Å². The molecule has 9 heteroatoms. The molecular weight excluding hydrogens is 455 g/mol. The molecule has 1 fully saturated rings. The van der Waals surface area contributed by atoms with Crippen molar-refractivity contribution in [2.45, 2.75) is 13.3 Å². The number of anilines is 2. The first-order chi connectivity index (χ1) is 16.4. The highest BCUT2D eigenvalue weighted by molar-refractivity contribution is 7.92. The van der Waals surface area contributed by atoms with Crippen LogP contribution in [-0.2, 0) is 10.0 Å². The van der Waals surface area contributed by atoms with Crippen LogP contribution in [0.3, 0.4) is 0 Å². The molecule has 1 saturated heterocycles. The van der Waals surface area contributed by atoms with Crippen LogP contribution in [0.5, 0.6) is 5.75 Å². The van der Waals surface area contributed by atoms with E-state index in [4.69, 9.17) is 4.74 Å². The number of hydrogen-bond donors (Lipinski definition) is 2. The molecule has 0 bridgehead atoms. The predicted molar refractivity (Wildman–Crippen MR) is 134 cm³/mol. The quantitative estimate of drug-likeness (QED) is 0.500. The Morgan fingerprint density at radius 3 is 2.35 bits per heavy atom. The van der Waals surface area contributed by atoms with E-state index < -0.39 is 15.8 Å². The molecule has 7 nitrogen and oxygen atoms in total. The number of nitrogens with zero attached hydrogens (tertiary/aromatic N) is 2. The van der Waals surface area contributed by atoms with Gasteiger partial charge in [0.15, 0.2) is 11.6 Å². The second kappa shape index (κ2) is 10.4. The lowest BCUT2D eigenvalue weighted by Crippen LogP contribution is -2.43. The van der Waals surface area contributed by atoms with E-state index in [1.807, 2.05) is 6.07 Å². The minimum Gasteiger partial charge on any atom is -0.492 e. The van der Waals surface area contributed by atoms with Gasteiger partial charge in [0, 0.05) is 55.4 Å². The average molecular weight is 485 g/mol. The second-order valence-corrected chi connectivity index (χ2v) is 10.0. The van der Waals surface area contributed by atoms with E-state index in [-0.39, 0.29) is 17.2 Å². The van der Waals surface area contributed by atoms with E-state index in [2.05, 4.69) is 44.2 Å². The number of ether oxygens (including phenoxy) is 1. The van der Waals surface area contributed by atoms with Gasteiger partial charge in [0.1, 0.15) is 0 Å². The van der Waals surface area contributed by atoms with Gasteiger partial charge >= 0.3 is 0 Å². The number of rotatable bonds is 8. The van der Waals surface area contributed by atoms with Crippen molar-refractivity contribution in [3.63, 3.8) is 0 Å². The van der Waals surface area contributed by atoms with Crippen LogP contribution >= 0.6 is 0 Å². The highest BCUT2D eigenvalue weighted by atomic mass is 32.2. The molecule has 34 heavy (non-hydrogen) atoms. The molecular formula is C25H29FN4O3S. The normalized spacial score (nSPS) is 14.1. The van der Waals surface area contributed by atoms with E-state index in [0.29, 0.717) is 17.5 Å². The molecule has 2 heterocycles. The van der Waals surface area contributed by atoms with E-state index in [9.17, 15) is 12.8 Å². The standard InChI is InChI=1S/C25H29FN4O3S/c1-3-12-34(31,32)29-24-15-19(14-23(26)25(24)33-2)21-13-20(16-28-17-21)18-4-6-22(7-5-18)30-10-8-27-9-11-30/h4-7,13-17,27,29H,3,8-12H2,1-2H3. The van der Waals surface area contributed by atoms with Crippen molar-refractivity contribution in [2.75, 3.05) is 48.7 Å². The minimum atomic E-state index is -3.62. The Labute approximate surface area is 200 Å². The average Bonchev–Trinajstić information content (AvgIpc) is 2.84. The number of halogens is 1. The van der Waals surface area contributed by atoms with Crippen molar-refractivity contribution >= 4 is 21.4 Å². The summed E-state index contributed by atoms with van der Waals surface area (Å²) in [5.74, 6) is -0.862. The summed E-state index contributed by atoms with van der Waals surface area (Å²) in [4.78, 5) is 6.69. The van der Waals surface area contributed by atoms with Gasteiger partial charge in [0.2, 0.25) is 10.0 Å². The van der Waals surface area contributed by atoms with Gasteiger partial charge in [-0.05, 0) is 47.9 Å². The number of methoxy groups -OCH3 is 1. The maximum atomic E-state index is 14.8. The summed E-state index contributed by atoms with van der Waals surface area (Å²) < 4.78 is 47.0. The zero-order valence-electron chi connectivity index (χ0n) is 19.3. The van der Waals surface area contributed by atoms with Crippen LogP contribution in [0.4, 0.5) is 15.8 Å². The van der Waals surface area contributed by atoms with Crippen LogP contribution in [0.1, 0.15) is 13.3 Å². The highest BCUT2D eigenvalue weighted by Gasteiger charge is 2.18. The Morgan fingerprint density at radius 1 is 1.03 bits per heavy atom. The summed E-state index contributed by atoms with van der Waals surface area (Å²) in [6.07, 6.45) is 3.83. The van der Waals surface area contributed by atoms with Gasteiger partial charge < -0.3 is 15.0 Å². The van der Waals surface area contributed by atoms with Gasteiger partial charge in [-0.15, -0.1) is 0 Å². The molecule has 0 amide bonds. The molecule has 180 valence electrons. The highest BCUT2D eigenvalue weighted by Crippen LogP contribution is 2.35. The fourth-order valence-electron chi connectivity index (χ4n) is 4.07. The summed E-state index contributed by atoms with van der Waals surface area (Å²) in [5, 5.41) is 3.35. The molecule has 0 radical (unpaired) electrons.